The smallest absolute Gasteiger partial charge is 0.416 e. The van der Waals surface area contributed by atoms with Crippen LogP contribution in [-0.4, -0.2) is 0 Å². The zero-order valence-electron chi connectivity index (χ0n) is 10.1. The van der Waals surface area contributed by atoms with Gasteiger partial charge in [-0.2, -0.15) is 13.2 Å². The largest absolute Gasteiger partial charge is 0.489 e. The lowest BCUT2D eigenvalue weighted by atomic mass is 10.1. The van der Waals surface area contributed by atoms with E-state index >= 15 is 0 Å². The zero-order valence-corrected chi connectivity index (χ0v) is 11.8. The Morgan fingerprint density at radius 3 is 2.25 bits per heavy atom. The molecule has 0 aliphatic carbocycles. The molecule has 2 aromatic carbocycles. The van der Waals surface area contributed by atoms with Crippen LogP contribution in [0.2, 0.25) is 5.02 Å². The van der Waals surface area contributed by atoms with Crippen LogP contribution >= 0.6 is 24.2 Å². The summed E-state index contributed by atoms with van der Waals surface area (Å²) in [6, 6.07) is 9.82. The molecule has 0 aliphatic rings. The van der Waals surface area contributed by atoms with Gasteiger partial charge in [-0.3, -0.25) is 0 Å². The lowest BCUT2D eigenvalue weighted by molar-refractivity contribution is -0.137. The fourth-order valence-corrected chi connectivity index (χ4v) is 1.84. The molecule has 0 atom stereocenters. The highest BCUT2D eigenvalue weighted by Gasteiger charge is 2.29. The molecule has 0 spiro atoms. The maximum atomic E-state index is 12.4. The minimum atomic E-state index is -4.32. The van der Waals surface area contributed by atoms with E-state index in [4.69, 9.17) is 16.3 Å². The predicted octanol–water partition coefficient (Wildman–Crippen LogP) is 5.23. The van der Waals surface area contributed by atoms with E-state index in [0.29, 0.717) is 21.2 Å². The summed E-state index contributed by atoms with van der Waals surface area (Å²) in [5, 5.41) is 0.457. The number of rotatable bonds is 3. The Bertz CT molecular complexity index is 596. The molecule has 6 heteroatoms. The van der Waals surface area contributed by atoms with Gasteiger partial charge in [-0.05, 0) is 35.9 Å². The van der Waals surface area contributed by atoms with Gasteiger partial charge in [0.15, 0.2) is 0 Å². The van der Waals surface area contributed by atoms with Crippen molar-refractivity contribution in [3.05, 3.63) is 58.6 Å². The average molecular weight is 319 g/mol. The Balaban J connectivity index is 2.02. The van der Waals surface area contributed by atoms with Crippen LogP contribution in [-0.2, 0) is 12.8 Å². The van der Waals surface area contributed by atoms with Crippen LogP contribution in [0, 0.1) is 0 Å². The minimum absolute atomic E-state index is 0.167. The fourth-order valence-electron chi connectivity index (χ4n) is 1.53. The summed E-state index contributed by atoms with van der Waals surface area (Å²) in [6.07, 6.45) is -4.32. The van der Waals surface area contributed by atoms with Crippen LogP contribution < -0.4 is 4.74 Å². The second-order valence-corrected chi connectivity index (χ2v) is 4.99. The minimum Gasteiger partial charge on any atom is -0.489 e. The molecule has 2 rings (SSSR count). The van der Waals surface area contributed by atoms with Gasteiger partial charge < -0.3 is 4.74 Å². The third-order valence-corrected chi connectivity index (χ3v) is 3.44. The number of halogens is 4. The zero-order chi connectivity index (χ0) is 14.8. The van der Waals surface area contributed by atoms with E-state index in [-0.39, 0.29) is 6.61 Å². The number of hydrogen-bond donors (Lipinski definition) is 1. The lowest BCUT2D eigenvalue weighted by Crippen LogP contribution is -2.05. The molecule has 0 N–H and O–H groups in total. The van der Waals surface area contributed by atoms with Gasteiger partial charge in [0.25, 0.3) is 0 Å². The summed E-state index contributed by atoms with van der Waals surface area (Å²) in [4.78, 5) is 0.633. The normalized spacial score (nSPS) is 11.4. The molecular weight excluding hydrogens is 309 g/mol. The number of thiol groups is 1. The first-order chi connectivity index (χ1) is 9.36. The van der Waals surface area contributed by atoms with Crippen molar-refractivity contribution in [1.82, 2.24) is 0 Å². The van der Waals surface area contributed by atoms with Crippen molar-refractivity contribution in [2.24, 2.45) is 0 Å². The maximum absolute atomic E-state index is 12.4. The maximum Gasteiger partial charge on any atom is 0.416 e. The number of benzene rings is 2. The van der Waals surface area contributed by atoms with E-state index in [2.05, 4.69) is 12.6 Å². The highest BCUT2D eigenvalue weighted by Crippen LogP contribution is 2.29. The van der Waals surface area contributed by atoms with Gasteiger partial charge in [-0.15, -0.1) is 12.6 Å². The van der Waals surface area contributed by atoms with Crippen molar-refractivity contribution < 1.29 is 17.9 Å². The van der Waals surface area contributed by atoms with Gasteiger partial charge in [0.05, 0.1) is 10.6 Å². The summed E-state index contributed by atoms with van der Waals surface area (Å²) < 4.78 is 42.7. The molecule has 0 aliphatic heterocycles. The van der Waals surface area contributed by atoms with Crippen LogP contribution in [0.4, 0.5) is 13.2 Å². The lowest BCUT2D eigenvalue weighted by Gasteiger charge is -2.09. The molecule has 0 bridgehead atoms. The topological polar surface area (TPSA) is 9.23 Å². The summed E-state index contributed by atoms with van der Waals surface area (Å²) in [6.45, 7) is 0.167. The van der Waals surface area contributed by atoms with Crippen LogP contribution in [0.15, 0.2) is 47.4 Å². The van der Waals surface area contributed by atoms with Crippen LogP contribution in [0.5, 0.6) is 5.75 Å². The summed E-state index contributed by atoms with van der Waals surface area (Å²) in [7, 11) is 0. The highest BCUT2D eigenvalue weighted by molar-refractivity contribution is 7.80. The van der Waals surface area contributed by atoms with Gasteiger partial charge in [0.1, 0.15) is 12.4 Å². The predicted molar refractivity (Wildman–Crippen MR) is 74.5 cm³/mol. The summed E-state index contributed by atoms with van der Waals surface area (Å²) in [5.41, 5.74) is -0.0345. The Morgan fingerprint density at radius 2 is 1.70 bits per heavy atom. The third kappa shape index (κ3) is 3.84. The van der Waals surface area contributed by atoms with Gasteiger partial charge in [-0.1, -0.05) is 23.7 Å². The Morgan fingerprint density at radius 1 is 1.05 bits per heavy atom. The molecule has 0 amide bonds. The van der Waals surface area contributed by atoms with Crippen molar-refractivity contribution in [1.29, 1.82) is 0 Å². The summed E-state index contributed by atoms with van der Waals surface area (Å²) in [5.74, 6) is 0.535. The van der Waals surface area contributed by atoms with Gasteiger partial charge >= 0.3 is 6.18 Å². The molecule has 0 unspecified atom stereocenters. The van der Waals surface area contributed by atoms with Gasteiger partial charge in [0.2, 0.25) is 0 Å². The molecule has 2 aromatic rings. The Hall–Kier alpha value is -1.33. The van der Waals surface area contributed by atoms with Crippen molar-refractivity contribution in [2.45, 2.75) is 17.7 Å². The Kier molecular flexibility index (Phi) is 4.50. The van der Waals surface area contributed by atoms with Crippen molar-refractivity contribution in [3.63, 3.8) is 0 Å². The molecule has 106 valence electrons. The first-order valence-electron chi connectivity index (χ1n) is 5.64. The molecular formula is C14H10ClF3OS. The molecule has 0 heterocycles. The van der Waals surface area contributed by atoms with Crippen LogP contribution in [0.25, 0.3) is 0 Å². The van der Waals surface area contributed by atoms with Crippen molar-refractivity contribution in [3.8, 4) is 5.75 Å². The number of ether oxygens (including phenoxy) is 1. The van der Waals surface area contributed by atoms with E-state index < -0.39 is 11.7 Å². The molecule has 20 heavy (non-hydrogen) atoms. The van der Waals surface area contributed by atoms with Gasteiger partial charge in [0, 0.05) is 4.90 Å². The number of alkyl halides is 3. The average Bonchev–Trinajstić information content (AvgIpc) is 2.40. The quantitative estimate of drug-likeness (QED) is 0.763. The fraction of sp³-hybridized carbons (Fsp3) is 0.143. The second kappa shape index (κ2) is 5.97. The van der Waals surface area contributed by atoms with Gasteiger partial charge in [-0.25, -0.2) is 0 Å². The van der Waals surface area contributed by atoms with E-state index in [0.717, 1.165) is 12.1 Å². The molecule has 0 aromatic heterocycles. The summed E-state index contributed by atoms with van der Waals surface area (Å²) >= 11 is 10.0. The molecule has 0 saturated carbocycles. The third-order valence-electron chi connectivity index (χ3n) is 2.61. The highest BCUT2D eigenvalue weighted by atomic mass is 35.5. The van der Waals surface area contributed by atoms with Crippen LogP contribution in [0.1, 0.15) is 11.1 Å². The standard InChI is InChI=1S/C14H10ClF3OS/c15-12-7-11(5-6-13(12)20)19-8-9-1-3-10(4-2-9)14(16,17)18/h1-7,20H,8H2. The van der Waals surface area contributed by atoms with Crippen molar-refractivity contribution >= 4 is 24.2 Å². The molecule has 0 radical (unpaired) electrons. The van der Waals surface area contributed by atoms with E-state index in [1.54, 1.807) is 18.2 Å². The van der Waals surface area contributed by atoms with E-state index in [1.807, 2.05) is 0 Å². The molecule has 1 nitrogen and oxygen atoms in total. The first kappa shape index (κ1) is 15.1. The van der Waals surface area contributed by atoms with E-state index in [1.165, 1.54) is 12.1 Å². The Labute approximate surface area is 124 Å². The van der Waals surface area contributed by atoms with Crippen LogP contribution in [0.3, 0.4) is 0 Å². The monoisotopic (exact) mass is 318 g/mol. The molecule has 0 saturated heterocycles. The number of hydrogen-bond acceptors (Lipinski definition) is 2. The van der Waals surface area contributed by atoms with E-state index in [9.17, 15) is 13.2 Å². The van der Waals surface area contributed by atoms with Crippen molar-refractivity contribution in [2.75, 3.05) is 0 Å². The molecule has 0 fully saturated rings. The first-order valence-corrected chi connectivity index (χ1v) is 6.46. The SMILES string of the molecule is FC(F)(F)c1ccc(COc2ccc(S)c(Cl)c2)cc1. The second-order valence-electron chi connectivity index (χ2n) is 4.10.